The second-order valence-corrected chi connectivity index (χ2v) is 6.46. The summed E-state index contributed by atoms with van der Waals surface area (Å²) >= 11 is 1.45. The average molecular weight is 347 g/mol. The predicted molar refractivity (Wildman–Crippen MR) is 89.7 cm³/mol. The minimum absolute atomic E-state index is 0.0505. The van der Waals surface area contributed by atoms with E-state index < -0.39 is 4.92 Å². The van der Waals surface area contributed by atoms with Gasteiger partial charge >= 0.3 is 5.97 Å². The number of carbonyl (C=O) groups is 1. The van der Waals surface area contributed by atoms with Crippen LogP contribution in [0.5, 0.6) is 0 Å². The van der Waals surface area contributed by atoms with Gasteiger partial charge in [0.1, 0.15) is 11.0 Å². The monoisotopic (exact) mass is 347 g/mol. The van der Waals surface area contributed by atoms with Crippen molar-refractivity contribution in [2.24, 2.45) is 0 Å². The van der Waals surface area contributed by atoms with Gasteiger partial charge in [0.25, 0.3) is 5.69 Å². The fraction of sp³-hybridized carbons (Fsp3) is 0.375. The minimum atomic E-state index is -0.413. The summed E-state index contributed by atoms with van der Waals surface area (Å²) < 4.78 is 4.85. The van der Waals surface area contributed by atoms with Crippen molar-refractivity contribution in [1.82, 2.24) is 9.88 Å². The molecular weight excluding hydrogens is 330 g/mol. The topological polar surface area (TPSA) is 85.6 Å². The van der Waals surface area contributed by atoms with Gasteiger partial charge < -0.3 is 4.74 Å². The Hall–Kier alpha value is -2.32. The number of rotatable bonds is 5. The molecule has 0 N–H and O–H groups in total. The van der Waals surface area contributed by atoms with Crippen molar-refractivity contribution in [2.45, 2.75) is 25.4 Å². The third-order valence-corrected chi connectivity index (χ3v) is 5.00. The molecule has 0 saturated carbocycles. The molecule has 126 valence electrons. The number of methoxy groups -OCH3 is 1. The van der Waals surface area contributed by atoms with E-state index in [9.17, 15) is 14.9 Å². The van der Waals surface area contributed by atoms with Crippen LogP contribution in [0.25, 0.3) is 10.6 Å². The molecule has 1 aliphatic heterocycles. The third-order valence-electron chi connectivity index (χ3n) is 4.06. The Kier molecular flexibility index (Phi) is 4.86. The van der Waals surface area contributed by atoms with Crippen LogP contribution in [0.4, 0.5) is 5.69 Å². The number of nitro benzene ring substituents is 1. The molecule has 1 unspecified atom stereocenters. The van der Waals surface area contributed by atoms with Crippen molar-refractivity contribution in [1.29, 1.82) is 0 Å². The Morgan fingerprint density at radius 1 is 1.54 bits per heavy atom. The molecule has 1 atom stereocenters. The SMILES string of the molecule is COC(=O)C1CCCN1Cc1csc(-c2cccc([N+](=O)[O-])c2)n1. The molecule has 8 heteroatoms. The number of carbonyl (C=O) groups excluding carboxylic acids is 1. The first-order valence-corrected chi connectivity index (χ1v) is 8.47. The summed E-state index contributed by atoms with van der Waals surface area (Å²) in [6.07, 6.45) is 1.76. The summed E-state index contributed by atoms with van der Waals surface area (Å²) in [6.45, 7) is 1.41. The zero-order valence-electron chi connectivity index (χ0n) is 13.2. The van der Waals surface area contributed by atoms with Crippen molar-refractivity contribution in [3.8, 4) is 10.6 Å². The van der Waals surface area contributed by atoms with E-state index in [-0.39, 0.29) is 17.7 Å². The predicted octanol–water partition coefficient (Wildman–Crippen LogP) is 2.86. The molecule has 7 nitrogen and oxygen atoms in total. The van der Waals surface area contributed by atoms with E-state index in [1.165, 1.54) is 30.6 Å². The fourth-order valence-electron chi connectivity index (χ4n) is 2.89. The number of likely N-dealkylation sites (tertiary alicyclic amines) is 1. The van der Waals surface area contributed by atoms with E-state index in [1.54, 1.807) is 6.07 Å². The van der Waals surface area contributed by atoms with Crippen LogP contribution < -0.4 is 0 Å². The molecule has 24 heavy (non-hydrogen) atoms. The van der Waals surface area contributed by atoms with E-state index >= 15 is 0 Å². The van der Waals surface area contributed by atoms with Crippen molar-refractivity contribution in [3.63, 3.8) is 0 Å². The van der Waals surface area contributed by atoms with Crippen LogP contribution in [0.2, 0.25) is 0 Å². The number of hydrogen-bond donors (Lipinski definition) is 0. The molecule has 1 fully saturated rings. The molecule has 3 rings (SSSR count). The summed E-state index contributed by atoms with van der Waals surface area (Å²) in [5, 5.41) is 13.6. The second-order valence-electron chi connectivity index (χ2n) is 5.60. The lowest BCUT2D eigenvalue weighted by Gasteiger charge is -2.21. The smallest absolute Gasteiger partial charge is 0.323 e. The molecular formula is C16H17N3O4S. The van der Waals surface area contributed by atoms with E-state index in [0.29, 0.717) is 6.54 Å². The average Bonchev–Trinajstić information content (AvgIpc) is 3.24. The van der Waals surface area contributed by atoms with Crippen LogP contribution in [0.15, 0.2) is 29.6 Å². The van der Waals surface area contributed by atoms with Gasteiger partial charge in [-0.3, -0.25) is 19.8 Å². The first kappa shape index (κ1) is 16.5. The maximum atomic E-state index is 11.8. The van der Waals surface area contributed by atoms with E-state index in [2.05, 4.69) is 9.88 Å². The largest absolute Gasteiger partial charge is 0.468 e. The molecule has 0 radical (unpaired) electrons. The highest BCUT2D eigenvalue weighted by Crippen LogP contribution is 2.28. The number of aromatic nitrogens is 1. The van der Waals surface area contributed by atoms with Gasteiger partial charge in [0.2, 0.25) is 0 Å². The molecule has 0 aliphatic carbocycles. The van der Waals surface area contributed by atoms with Crippen LogP contribution in [0, 0.1) is 10.1 Å². The number of esters is 1. The minimum Gasteiger partial charge on any atom is -0.468 e. The highest BCUT2D eigenvalue weighted by Gasteiger charge is 2.31. The number of benzene rings is 1. The summed E-state index contributed by atoms with van der Waals surface area (Å²) in [5.74, 6) is -0.207. The number of non-ortho nitro benzene ring substituents is 1. The first-order chi connectivity index (χ1) is 11.6. The van der Waals surface area contributed by atoms with Crippen molar-refractivity contribution >= 4 is 23.0 Å². The summed E-state index contributed by atoms with van der Waals surface area (Å²) in [5.41, 5.74) is 1.64. The summed E-state index contributed by atoms with van der Waals surface area (Å²) in [4.78, 5) is 28.9. The Balaban J connectivity index is 1.75. The fourth-order valence-corrected chi connectivity index (χ4v) is 3.70. The molecule has 1 aliphatic rings. The molecule has 2 heterocycles. The maximum absolute atomic E-state index is 11.8. The van der Waals surface area contributed by atoms with Crippen molar-refractivity contribution < 1.29 is 14.5 Å². The zero-order chi connectivity index (χ0) is 17.1. The van der Waals surface area contributed by atoms with E-state index in [0.717, 1.165) is 35.7 Å². The van der Waals surface area contributed by atoms with Gasteiger partial charge in [-0.25, -0.2) is 4.98 Å². The molecule has 0 amide bonds. The molecule has 1 aromatic carbocycles. The second kappa shape index (κ2) is 7.06. The lowest BCUT2D eigenvalue weighted by Crippen LogP contribution is -2.36. The molecule has 1 aromatic heterocycles. The Labute approximate surface area is 143 Å². The van der Waals surface area contributed by atoms with Crippen LogP contribution in [-0.4, -0.2) is 40.5 Å². The number of nitro groups is 1. The lowest BCUT2D eigenvalue weighted by atomic mass is 10.2. The molecule has 1 saturated heterocycles. The maximum Gasteiger partial charge on any atom is 0.323 e. The van der Waals surface area contributed by atoms with Crippen molar-refractivity contribution in [2.75, 3.05) is 13.7 Å². The number of thiazole rings is 1. The first-order valence-electron chi connectivity index (χ1n) is 7.59. The quantitative estimate of drug-likeness (QED) is 0.470. The Morgan fingerprint density at radius 2 is 2.38 bits per heavy atom. The zero-order valence-corrected chi connectivity index (χ0v) is 14.0. The standard InChI is InChI=1S/C16H17N3O4S/c1-23-16(20)14-6-3-7-18(14)9-12-10-24-15(17-12)11-4-2-5-13(8-11)19(21)22/h2,4-5,8,10,14H,3,6-7,9H2,1H3. The number of hydrogen-bond acceptors (Lipinski definition) is 7. The highest BCUT2D eigenvalue weighted by molar-refractivity contribution is 7.13. The van der Waals surface area contributed by atoms with Crippen LogP contribution >= 0.6 is 11.3 Å². The van der Waals surface area contributed by atoms with E-state index in [1.807, 2.05) is 11.4 Å². The van der Waals surface area contributed by atoms with Gasteiger partial charge in [-0.05, 0) is 19.4 Å². The molecule has 2 aromatic rings. The number of ether oxygens (including phenoxy) is 1. The van der Waals surface area contributed by atoms with Gasteiger partial charge in [-0.1, -0.05) is 12.1 Å². The van der Waals surface area contributed by atoms with Gasteiger partial charge in [-0.15, -0.1) is 11.3 Å². The molecule has 0 spiro atoms. The lowest BCUT2D eigenvalue weighted by molar-refractivity contribution is -0.384. The van der Waals surface area contributed by atoms with Crippen LogP contribution in [0.3, 0.4) is 0 Å². The van der Waals surface area contributed by atoms with Crippen LogP contribution in [0.1, 0.15) is 18.5 Å². The van der Waals surface area contributed by atoms with Gasteiger partial charge in [0, 0.05) is 29.6 Å². The molecule has 0 bridgehead atoms. The highest BCUT2D eigenvalue weighted by atomic mass is 32.1. The van der Waals surface area contributed by atoms with Gasteiger partial charge in [0.05, 0.1) is 17.7 Å². The Morgan fingerprint density at radius 3 is 3.12 bits per heavy atom. The van der Waals surface area contributed by atoms with Crippen molar-refractivity contribution in [3.05, 3.63) is 45.5 Å². The summed E-state index contributed by atoms with van der Waals surface area (Å²) in [7, 11) is 1.40. The third kappa shape index (κ3) is 3.44. The summed E-state index contributed by atoms with van der Waals surface area (Å²) in [6, 6.07) is 6.24. The number of nitrogens with zero attached hydrogens (tertiary/aromatic N) is 3. The Bertz CT molecular complexity index is 761. The van der Waals surface area contributed by atoms with E-state index in [4.69, 9.17) is 4.74 Å². The van der Waals surface area contributed by atoms with Gasteiger partial charge in [-0.2, -0.15) is 0 Å². The normalized spacial score (nSPS) is 17.8. The van der Waals surface area contributed by atoms with Gasteiger partial charge in [0.15, 0.2) is 0 Å². The van der Waals surface area contributed by atoms with Crippen LogP contribution in [-0.2, 0) is 16.1 Å².